The number of thioether (sulfide) groups is 2. The summed E-state index contributed by atoms with van der Waals surface area (Å²) in [5.41, 5.74) is 0. The van der Waals surface area contributed by atoms with E-state index in [2.05, 4.69) is 81.7 Å². The summed E-state index contributed by atoms with van der Waals surface area (Å²) in [6.45, 7) is 0. The molecule has 5 heterocycles. The molecule has 0 nitrogen and oxygen atoms in total. The fourth-order valence-corrected chi connectivity index (χ4v) is 7.76. The molecule has 0 fully saturated rings. The largest absolute Gasteiger partial charge is 0.135 e. The van der Waals surface area contributed by atoms with Crippen LogP contribution in [-0.2, 0) is 0 Å². The third-order valence-electron chi connectivity index (χ3n) is 3.93. The highest BCUT2D eigenvalue weighted by Crippen LogP contribution is 2.48. The van der Waals surface area contributed by atoms with Crippen LogP contribution in [0.25, 0.3) is 9.81 Å². The van der Waals surface area contributed by atoms with Crippen molar-refractivity contribution in [2.24, 2.45) is 0 Å². The molecule has 0 bridgehead atoms. The van der Waals surface area contributed by atoms with E-state index >= 15 is 0 Å². The second kappa shape index (κ2) is 9.49. The van der Waals surface area contributed by atoms with Crippen molar-refractivity contribution in [3.8, 4) is 23.7 Å². The van der Waals surface area contributed by atoms with Gasteiger partial charge in [-0.15, -0.1) is 57.1 Å². The molecule has 0 aromatic carbocycles. The highest BCUT2D eigenvalue weighted by molar-refractivity contribution is 8.20. The van der Waals surface area contributed by atoms with Gasteiger partial charge in [-0.1, -0.05) is 23.9 Å². The highest BCUT2D eigenvalue weighted by Gasteiger charge is 2.15. The van der Waals surface area contributed by atoms with Gasteiger partial charge in [0.25, 0.3) is 0 Å². The fraction of sp³-hybridized carbons (Fsp3) is 0. The second-order valence-corrected chi connectivity index (χ2v) is 11.9. The Balaban J connectivity index is 1.29. The first-order valence-electron chi connectivity index (χ1n) is 8.89. The Kier molecular flexibility index (Phi) is 6.34. The van der Waals surface area contributed by atoms with Gasteiger partial charge in [0.1, 0.15) is 0 Å². The molecule has 6 heteroatoms. The molecule has 1 aliphatic heterocycles. The summed E-state index contributed by atoms with van der Waals surface area (Å²) in [4.78, 5) is 9.51. The van der Waals surface area contributed by atoms with Crippen LogP contribution in [0.2, 0.25) is 0 Å². The minimum atomic E-state index is 1.10. The molecule has 0 radical (unpaired) electrons. The average Bonchev–Trinajstić information content (AvgIpc) is 3.58. The lowest BCUT2D eigenvalue weighted by molar-refractivity contribution is 1.88. The molecule has 0 N–H and O–H groups in total. The van der Waals surface area contributed by atoms with Crippen LogP contribution >= 0.6 is 68.9 Å². The Labute approximate surface area is 200 Å². The SMILES string of the molecule is C(#Cc1ccc(C2=CSC=C(c3ccc(C#Cc4cccs4)s3)S2)s1)c1cccs1. The van der Waals surface area contributed by atoms with Gasteiger partial charge in [0, 0.05) is 19.6 Å². The zero-order chi connectivity index (χ0) is 20.2. The molecule has 0 amide bonds. The van der Waals surface area contributed by atoms with Crippen molar-refractivity contribution in [3.05, 3.63) is 99.4 Å². The lowest BCUT2D eigenvalue weighted by Gasteiger charge is -2.11. The van der Waals surface area contributed by atoms with Crippen LogP contribution in [0.1, 0.15) is 29.3 Å². The fourth-order valence-electron chi connectivity index (χ4n) is 2.56. The molecular formula is C24H12S6. The molecular weight excluding hydrogens is 481 g/mol. The number of hydrogen-bond acceptors (Lipinski definition) is 6. The van der Waals surface area contributed by atoms with Crippen LogP contribution in [0.15, 0.2) is 70.1 Å². The first-order chi connectivity index (χ1) is 14.8. The summed E-state index contributed by atoms with van der Waals surface area (Å²) in [7, 11) is 0. The monoisotopic (exact) mass is 492 g/mol. The minimum absolute atomic E-state index is 1.10. The Morgan fingerprint density at radius 1 is 0.533 bits per heavy atom. The normalized spacial score (nSPS) is 12.9. The van der Waals surface area contributed by atoms with Gasteiger partial charge in [-0.25, -0.2) is 0 Å². The highest BCUT2D eigenvalue weighted by atomic mass is 32.2. The van der Waals surface area contributed by atoms with Crippen molar-refractivity contribution in [1.82, 2.24) is 0 Å². The molecule has 4 aromatic heterocycles. The maximum absolute atomic E-state index is 3.29. The molecule has 0 unspecified atom stereocenters. The lowest BCUT2D eigenvalue weighted by Crippen LogP contribution is -1.80. The number of rotatable bonds is 2. The van der Waals surface area contributed by atoms with E-state index in [0.29, 0.717) is 0 Å². The van der Waals surface area contributed by atoms with Gasteiger partial charge in [0.15, 0.2) is 0 Å². The molecule has 144 valence electrons. The molecule has 30 heavy (non-hydrogen) atoms. The van der Waals surface area contributed by atoms with Crippen molar-refractivity contribution in [2.45, 2.75) is 0 Å². The van der Waals surface area contributed by atoms with Gasteiger partial charge < -0.3 is 0 Å². The Morgan fingerprint density at radius 3 is 1.50 bits per heavy atom. The van der Waals surface area contributed by atoms with Crippen LogP contribution in [0.4, 0.5) is 0 Å². The predicted molar refractivity (Wildman–Crippen MR) is 140 cm³/mol. The summed E-state index contributed by atoms with van der Waals surface area (Å²) in [5, 5.41) is 8.56. The van der Waals surface area contributed by atoms with Gasteiger partial charge in [0.2, 0.25) is 0 Å². The standard InChI is InChI=1S/C24H12S6/c1-3-17(26-13-1)5-7-19-9-11-21(28-19)23-15-25-16-24(30-23)22-12-10-20(29-22)8-6-18-4-2-14-27-18/h1-4,9-16H. The van der Waals surface area contributed by atoms with Crippen LogP contribution in [0, 0.1) is 23.7 Å². The van der Waals surface area contributed by atoms with Crippen LogP contribution < -0.4 is 0 Å². The minimum Gasteiger partial charge on any atom is -0.135 e. The smallest absolute Gasteiger partial charge is 0.0779 e. The Bertz CT molecular complexity index is 1230. The van der Waals surface area contributed by atoms with Crippen molar-refractivity contribution >= 4 is 78.7 Å². The van der Waals surface area contributed by atoms with E-state index in [1.165, 1.54) is 19.6 Å². The molecule has 0 saturated carbocycles. The lowest BCUT2D eigenvalue weighted by atomic mass is 10.4. The van der Waals surface area contributed by atoms with E-state index in [9.17, 15) is 0 Å². The molecule has 4 aromatic rings. The van der Waals surface area contributed by atoms with Crippen LogP contribution in [0.5, 0.6) is 0 Å². The van der Waals surface area contributed by atoms with Gasteiger partial charge in [-0.3, -0.25) is 0 Å². The summed E-state index contributed by atoms with van der Waals surface area (Å²) in [5.74, 6) is 13.1. The first kappa shape index (κ1) is 20.0. The summed E-state index contributed by atoms with van der Waals surface area (Å²) >= 11 is 10.4. The zero-order valence-corrected chi connectivity index (χ0v) is 20.3. The third kappa shape index (κ3) is 4.87. The maximum atomic E-state index is 3.29. The van der Waals surface area contributed by atoms with Crippen molar-refractivity contribution in [3.63, 3.8) is 0 Å². The second-order valence-electron chi connectivity index (χ2n) is 5.98. The average molecular weight is 493 g/mol. The molecule has 0 saturated heterocycles. The van der Waals surface area contributed by atoms with Crippen LogP contribution in [-0.4, -0.2) is 0 Å². The Morgan fingerprint density at radius 2 is 1.03 bits per heavy atom. The molecule has 0 aliphatic carbocycles. The van der Waals surface area contributed by atoms with Crippen LogP contribution in [0.3, 0.4) is 0 Å². The van der Waals surface area contributed by atoms with Gasteiger partial charge in [-0.2, -0.15) is 0 Å². The summed E-state index contributed by atoms with van der Waals surface area (Å²) in [6.07, 6.45) is 0. The zero-order valence-electron chi connectivity index (χ0n) is 15.4. The quantitative estimate of drug-likeness (QED) is 0.257. The van der Waals surface area contributed by atoms with E-state index in [4.69, 9.17) is 0 Å². The van der Waals surface area contributed by atoms with E-state index in [1.807, 2.05) is 23.9 Å². The molecule has 0 atom stereocenters. The van der Waals surface area contributed by atoms with Gasteiger partial charge in [0.05, 0.1) is 19.5 Å². The number of hydrogen-bond donors (Lipinski definition) is 0. The van der Waals surface area contributed by atoms with E-state index in [1.54, 1.807) is 57.1 Å². The summed E-state index contributed by atoms with van der Waals surface area (Å²) in [6, 6.07) is 16.8. The predicted octanol–water partition coefficient (Wildman–Crippen LogP) is 8.51. The maximum Gasteiger partial charge on any atom is 0.0779 e. The van der Waals surface area contributed by atoms with Gasteiger partial charge >= 0.3 is 0 Å². The van der Waals surface area contributed by atoms with Gasteiger partial charge in [-0.05, 0) is 81.7 Å². The first-order valence-corrected chi connectivity index (χ1v) is 14.0. The van der Waals surface area contributed by atoms with E-state index in [-0.39, 0.29) is 0 Å². The van der Waals surface area contributed by atoms with Crippen molar-refractivity contribution in [2.75, 3.05) is 0 Å². The molecule has 1 aliphatic rings. The van der Waals surface area contributed by atoms with Crippen molar-refractivity contribution in [1.29, 1.82) is 0 Å². The summed E-state index contributed by atoms with van der Waals surface area (Å²) < 4.78 is 0. The topological polar surface area (TPSA) is 0 Å². The third-order valence-corrected chi connectivity index (χ3v) is 9.98. The van der Waals surface area contributed by atoms with E-state index in [0.717, 1.165) is 19.5 Å². The van der Waals surface area contributed by atoms with E-state index < -0.39 is 0 Å². The molecule has 5 rings (SSSR count). The van der Waals surface area contributed by atoms with Crippen molar-refractivity contribution < 1.29 is 0 Å². The Hall–Kier alpha value is -1.90. The number of thiophene rings is 4. The molecule has 0 spiro atoms.